The smallest absolute Gasteiger partial charge is 0.273 e. The predicted octanol–water partition coefficient (Wildman–Crippen LogP) is 3.72. The van der Waals surface area contributed by atoms with E-state index in [1.165, 1.54) is 11.3 Å². The molecule has 1 aliphatic rings. The summed E-state index contributed by atoms with van der Waals surface area (Å²) in [5.74, 6) is 0.357. The summed E-state index contributed by atoms with van der Waals surface area (Å²) in [6.45, 7) is 7.65. The second-order valence-electron chi connectivity index (χ2n) is 7.56. The number of carbonyl (C=O) groups excluding carboxylic acids is 2. The first-order valence-electron chi connectivity index (χ1n) is 9.77. The monoisotopic (exact) mass is 469 g/mol. The molecule has 0 atom stereocenters. The summed E-state index contributed by atoms with van der Waals surface area (Å²) in [7, 11) is 0. The molecule has 162 valence electrons. The number of hydrogen-bond donors (Lipinski definition) is 2. The van der Waals surface area contributed by atoms with E-state index in [1.807, 2.05) is 0 Å². The van der Waals surface area contributed by atoms with Crippen LogP contribution in [-0.2, 0) is 4.79 Å². The van der Waals surface area contributed by atoms with Crippen molar-refractivity contribution in [3.8, 4) is 0 Å². The summed E-state index contributed by atoms with van der Waals surface area (Å²) in [6.07, 6.45) is 0. The lowest BCUT2D eigenvalue weighted by atomic mass is 10.2. The van der Waals surface area contributed by atoms with Crippen LogP contribution in [0, 0.1) is 5.92 Å². The molecule has 7 nitrogen and oxygen atoms in total. The summed E-state index contributed by atoms with van der Waals surface area (Å²) >= 11 is 13.3. The number of thiazole rings is 1. The molecule has 2 N–H and O–H groups in total. The van der Waals surface area contributed by atoms with Crippen molar-refractivity contribution in [3.05, 3.63) is 39.3 Å². The van der Waals surface area contributed by atoms with Crippen molar-refractivity contribution in [2.75, 3.05) is 44.6 Å². The van der Waals surface area contributed by atoms with Crippen LogP contribution in [-0.4, -0.2) is 65.9 Å². The maximum atomic E-state index is 12.8. The Balaban J connectivity index is 1.49. The summed E-state index contributed by atoms with van der Waals surface area (Å²) < 4.78 is 0. The quantitative estimate of drug-likeness (QED) is 0.645. The van der Waals surface area contributed by atoms with Crippen LogP contribution in [0.1, 0.15) is 24.3 Å². The number of benzene rings is 1. The molecule has 0 aliphatic carbocycles. The van der Waals surface area contributed by atoms with E-state index in [0.717, 1.165) is 5.69 Å². The summed E-state index contributed by atoms with van der Waals surface area (Å²) in [6, 6.07) is 5.21. The van der Waals surface area contributed by atoms with Crippen LogP contribution in [0.15, 0.2) is 23.6 Å². The number of carbonyl (C=O) groups is 2. The Labute approximate surface area is 190 Å². The lowest BCUT2D eigenvalue weighted by molar-refractivity contribution is -0.122. The zero-order chi connectivity index (χ0) is 21.7. The van der Waals surface area contributed by atoms with Gasteiger partial charge >= 0.3 is 0 Å². The Morgan fingerprint density at radius 3 is 2.57 bits per heavy atom. The van der Waals surface area contributed by atoms with E-state index >= 15 is 0 Å². The molecule has 1 aromatic heterocycles. The highest BCUT2D eigenvalue weighted by Gasteiger charge is 2.25. The molecule has 0 spiro atoms. The van der Waals surface area contributed by atoms with Crippen LogP contribution in [0.5, 0.6) is 0 Å². The molecule has 10 heteroatoms. The highest BCUT2D eigenvalue weighted by atomic mass is 35.5. The number of anilines is 2. The fourth-order valence-corrected chi connectivity index (χ4v) is 3.98. The maximum Gasteiger partial charge on any atom is 0.273 e. The number of rotatable bonds is 7. The van der Waals surface area contributed by atoms with Crippen LogP contribution >= 0.6 is 34.5 Å². The SMILES string of the molecule is CC(C)CNC(=O)CN1CCN(C(=O)c2csc(Nc3ccc(Cl)c(Cl)c3)n2)CC1. The molecule has 1 aromatic carbocycles. The third kappa shape index (κ3) is 6.31. The zero-order valence-corrected chi connectivity index (χ0v) is 19.3. The normalized spacial score (nSPS) is 14.8. The minimum absolute atomic E-state index is 0.0287. The minimum atomic E-state index is -0.0997. The Morgan fingerprint density at radius 2 is 1.90 bits per heavy atom. The van der Waals surface area contributed by atoms with Gasteiger partial charge in [-0.3, -0.25) is 14.5 Å². The van der Waals surface area contributed by atoms with Crippen molar-refractivity contribution >= 4 is 57.2 Å². The largest absolute Gasteiger partial charge is 0.355 e. The van der Waals surface area contributed by atoms with Crippen molar-refractivity contribution in [2.45, 2.75) is 13.8 Å². The molecule has 1 fully saturated rings. The molecule has 1 saturated heterocycles. The fraction of sp³-hybridized carbons (Fsp3) is 0.450. The Bertz CT molecular complexity index is 897. The lowest BCUT2D eigenvalue weighted by Gasteiger charge is -2.34. The molecule has 2 heterocycles. The van der Waals surface area contributed by atoms with Gasteiger partial charge in [0.15, 0.2) is 5.13 Å². The first-order chi connectivity index (χ1) is 14.3. The Hall–Kier alpha value is -1.87. The highest BCUT2D eigenvalue weighted by Crippen LogP contribution is 2.28. The van der Waals surface area contributed by atoms with Gasteiger partial charge in [0.2, 0.25) is 5.91 Å². The molecule has 3 rings (SSSR count). The van der Waals surface area contributed by atoms with Crippen molar-refractivity contribution in [3.63, 3.8) is 0 Å². The van der Waals surface area contributed by atoms with Crippen molar-refractivity contribution < 1.29 is 9.59 Å². The van der Waals surface area contributed by atoms with Gasteiger partial charge in [-0.25, -0.2) is 4.98 Å². The van der Waals surface area contributed by atoms with Gasteiger partial charge in [-0.2, -0.15) is 0 Å². The standard InChI is InChI=1S/C20H25Cl2N5O2S/c1-13(2)10-23-18(28)11-26-5-7-27(8-6-26)19(29)17-12-30-20(25-17)24-14-3-4-15(21)16(22)9-14/h3-4,9,12-13H,5-8,10-11H2,1-2H3,(H,23,28)(H,24,25). The third-order valence-corrected chi connectivity index (χ3v) is 6.13. The predicted molar refractivity (Wildman–Crippen MR) is 122 cm³/mol. The van der Waals surface area contributed by atoms with E-state index in [2.05, 4.69) is 34.4 Å². The second-order valence-corrected chi connectivity index (χ2v) is 9.23. The molecular weight excluding hydrogens is 445 g/mol. The number of piperazine rings is 1. The van der Waals surface area contributed by atoms with E-state index in [9.17, 15) is 9.59 Å². The molecule has 0 unspecified atom stereocenters. The van der Waals surface area contributed by atoms with Gasteiger partial charge in [-0.05, 0) is 24.1 Å². The second kappa shape index (κ2) is 10.4. The average Bonchev–Trinajstić information content (AvgIpc) is 3.18. The van der Waals surface area contributed by atoms with E-state index in [4.69, 9.17) is 23.2 Å². The summed E-state index contributed by atoms with van der Waals surface area (Å²) in [5.41, 5.74) is 1.16. The third-order valence-electron chi connectivity index (χ3n) is 4.63. The van der Waals surface area contributed by atoms with Crippen molar-refractivity contribution in [1.29, 1.82) is 0 Å². The number of aromatic nitrogens is 1. The Morgan fingerprint density at radius 1 is 1.17 bits per heavy atom. The van der Waals surface area contributed by atoms with Gasteiger partial charge in [0.25, 0.3) is 5.91 Å². The summed E-state index contributed by atoms with van der Waals surface area (Å²) in [5, 5.41) is 9.35. The maximum absolute atomic E-state index is 12.8. The molecule has 0 bridgehead atoms. The van der Waals surface area contributed by atoms with Crippen molar-refractivity contribution in [2.24, 2.45) is 5.92 Å². The van der Waals surface area contributed by atoms with Crippen molar-refractivity contribution in [1.82, 2.24) is 20.1 Å². The van der Waals surface area contributed by atoms with Crippen LogP contribution in [0.25, 0.3) is 0 Å². The number of hydrogen-bond acceptors (Lipinski definition) is 6. The Kier molecular flexibility index (Phi) is 7.93. The topological polar surface area (TPSA) is 77.6 Å². The molecule has 30 heavy (non-hydrogen) atoms. The first kappa shape index (κ1) is 22.8. The number of amides is 2. The fourth-order valence-electron chi connectivity index (χ4n) is 2.97. The average molecular weight is 470 g/mol. The van der Waals surface area contributed by atoms with E-state index in [0.29, 0.717) is 66.1 Å². The summed E-state index contributed by atoms with van der Waals surface area (Å²) in [4.78, 5) is 33.0. The van der Waals surface area contributed by atoms with Crippen LogP contribution in [0.2, 0.25) is 10.0 Å². The van der Waals surface area contributed by atoms with E-state index in [-0.39, 0.29) is 11.8 Å². The number of halogens is 2. The first-order valence-corrected chi connectivity index (χ1v) is 11.4. The van der Waals surface area contributed by atoms with Gasteiger partial charge < -0.3 is 15.5 Å². The molecule has 2 aromatic rings. The number of nitrogens with zero attached hydrogens (tertiary/aromatic N) is 3. The van der Waals surface area contributed by atoms with E-state index < -0.39 is 0 Å². The molecule has 0 saturated carbocycles. The molecule has 0 radical (unpaired) electrons. The highest BCUT2D eigenvalue weighted by molar-refractivity contribution is 7.14. The van der Waals surface area contributed by atoms with Crippen LogP contribution < -0.4 is 10.6 Å². The van der Waals surface area contributed by atoms with Crippen LogP contribution in [0.4, 0.5) is 10.8 Å². The van der Waals surface area contributed by atoms with Gasteiger partial charge in [-0.1, -0.05) is 37.0 Å². The van der Waals surface area contributed by atoms with Crippen LogP contribution in [0.3, 0.4) is 0 Å². The number of nitrogens with one attached hydrogen (secondary N) is 2. The van der Waals surface area contributed by atoms with E-state index in [1.54, 1.807) is 28.5 Å². The van der Waals surface area contributed by atoms with Gasteiger partial charge in [-0.15, -0.1) is 11.3 Å². The van der Waals surface area contributed by atoms with Gasteiger partial charge in [0.05, 0.1) is 16.6 Å². The lowest BCUT2D eigenvalue weighted by Crippen LogP contribution is -2.51. The minimum Gasteiger partial charge on any atom is -0.355 e. The van der Waals surface area contributed by atoms with Gasteiger partial charge in [0.1, 0.15) is 5.69 Å². The zero-order valence-electron chi connectivity index (χ0n) is 17.0. The molecule has 1 aliphatic heterocycles. The molecule has 2 amide bonds. The van der Waals surface area contributed by atoms with Gasteiger partial charge in [0, 0.05) is 43.8 Å². The molecular formula is C20H25Cl2N5O2S.